The summed E-state index contributed by atoms with van der Waals surface area (Å²) in [6.45, 7) is 4.68. The van der Waals surface area contributed by atoms with Gasteiger partial charge in [0.1, 0.15) is 13.2 Å². The van der Waals surface area contributed by atoms with Crippen molar-refractivity contribution >= 4 is 18.9 Å². The minimum absolute atomic E-state index is 0.0490. The van der Waals surface area contributed by atoms with Gasteiger partial charge in [-0.2, -0.15) is 0 Å². The molecule has 0 aromatic rings. The Morgan fingerprint density at radius 1 is 0.778 bits per heavy atom. The van der Waals surface area contributed by atoms with Crippen molar-refractivity contribution in [3.63, 3.8) is 0 Å². The highest BCUT2D eigenvalue weighted by Gasteiger charge is 2.32. The number of aliphatic carboxylic acids is 1. The SMILES string of the molecule is CCCOCC(COCCOC=O)(COCCOC=O)COCCC(=O)O. The molecule has 0 radical (unpaired) electrons. The predicted octanol–water partition coefficient (Wildman–Crippen LogP) is 0.270. The lowest BCUT2D eigenvalue weighted by atomic mass is 9.92. The zero-order chi connectivity index (χ0) is 20.2. The average molecular weight is 394 g/mol. The minimum Gasteiger partial charge on any atom is -0.481 e. The Morgan fingerprint density at radius 2 is 1.22 bits per heavy atom. The van der Waals surface area contributed by atoms with E-state index < -0.39 is 11.4 Å². The summed E-state index contributed by atoms with van der Waals surface area (Å²) in [5, 5.41) is 8.73. The normalized spacial score (nSPS) is 11.1. The van der Waals surface area contributed by atoms with Gasteiger partial charge in [-0.15, -0.1) is 0 Å². The number of carbonyl (C=O) groups is 3. The van der Waals surface area contributed by atoms with Crippen molar-refractivity contribution in [3.05, 3.63) is 0 Å². The fraction of sp³-hybridized carbons (Fsp3) is 0.824. The third kappa shape index (κ3) is 15.0. The van der Waals surface area contributed by atoms with Gasteiger partial charge in [0.15, 0.2) is 0 Å². The number of carboxylic acid groups (broad SMARTS) is 1. The molecule has 0 aliphatic heterocycles. The van der Waals surface area contributed by atoms with Crippen LogP contribution in [0.2, 0.25) is 0 Å². The summed E-state index contributed by atoms with van der Waals surface area (Å²) in [6, 6.07) is 0. The van der Waals surface area contributed by atoms with Crippen LogP contribution >= 0.6 is 0 Å². The van der Waals surface area contributed by atoms with E-state index in [2.05, 4.69) is 9.47 Å². The van der Waals surface area contributed by atoms with Gasteiger partial charge >= 0.3 is 5.97 Å². The Hall–Kier alpha value is -1.75. The number of ether oxygens (including phenoxy) is 6. The summed E-state index contributed by atoms with van der Waals surface area (Å²) in [7, 11) is 0. The highest BCUT2D eigenvalue weighted by Crippen LogP contribution is 2.21. The van der Waals surface area contributed by atoms with E-state index in [0.717, 1.165) is 6.42 Å². The highest BCUT2D eigenvalue weighted by atomic mass is 16.6. The molecule has 27 heavy (non-hydrogen) atoms. The van der Waals surface area contributed by atoms with Gasteiger partial charge in [0.25, 0.3) is 12.9 Å². The van der Waals surface area contributed by atoms with Crippen molar-refractivity contribution in [1.29, 1.82) is 0 Å². The zero-order valence-corrected chi connectivity index (χ0v) is 15.8. The molecule has 0 unspecified atom stereocenters. The topological polar surface area (TPSA) is 127 Å². The zero-order valence-electron chi connectivity index (χ0n) is 15.8. The van der Waals surface area contributed by atoms with Crippen molar-refractivity contribution in [2.45, 2.75) is 19.8 Å². The monoisotopic (exact) mass is 394 g/mol. The number of hydrogen-bond acceptors (Lipinski definition) is 9. The molecule has 158 valence electrons. The molecular formula is C17H30O10. The summed E-state index contributed by atoms with van der Waals surface area (Å²) in [6.07, 6.45) is 0.714. The second kappa shape index (κ2) is 17.7. The van der Waals surface area contributed by atoms with E-state index in [1.54, 1.807) is 0 Å². The smallest absolute Gasteiger partial charge is 0.305 e. The largest absolute Gasteiger partial charge is 0.481 e. The molecule has 10 heteroatoms. The van der Waals surface area contributed by atoms with Crippen LogP contribution in [0, 0.1) is 5.41 Å². The first-order valence-electron chi connectivity index (χ1n) is 8.73. The van der Waals surface area contributed by atoms with E-state index in [9.17, 15) is 14.4 Å². The maximum atomic E-state index is 10.6. The van der Waals surface area contributed by atoms with Gasteiger partial charge in [-0.1, -0.05) is 6.92 Å². The fourth-order valence-corrected chi connectivity index (χ4v) is 2.02. The quantitative estimate of drug-likeness (QED) is 0.214. The van der Waals surface area contributed by atoms with Gasteiger partial charge in [0.05, 0.1) is 58.1 Å². The van der Waals surface area contributed by atoms with E-state index in [-0.39, 0.29) is 65.9 Å². The molecule has 0 spiro atoms. The fourth-order valence-electron chi connectivity index (χ4n) is 2.02. The van der Waals surface area contributed by atoms with E-state index in [1.807, 2.05) is 6.92 Å². The number of hydrogen-bond donors (Lipinski definition) is 1. The van der Waals surface area contributed by atoms with Gasteiger partial charge in [-0.05, 0) is 6.42 Å². The molecule has 1 N–H and O–H groups in total. The molecule has 0 rings (SSSR count). The lowest BCUT2D eigenvalue weighted by Crippen LogP contribution is -2.42. The molecular weight excluding hydrogens is 364 g/mol. The Kier molecular flexibility index (Phi) is 16.5. The standard InChI is InChI=1S/C17H30O10/c1-2-4-22-10-17(11-23-5-3-16(20)21,12-24-6-8-26-14-18)13-25-7-9-27-15-19/h14-15H,2-13H2,1H3,(H,20,21). The molecule has 0 atom stereocenters. The summed E-state index contributed by atoms with van der Waals surface area (Å²) in [5.74, 6) is -0.952. The van der Waals surface area contributed by atoms with Crippen LogP contribution in [0.3, 0.4) is 0 Å². The molecule has 0 amide bonds. The Labute approximate surface area is 159 Å². The van der Waals surface area contributed by atoms with Crippen LogP contribution in [0.1, 0.15) is 19.8 Å². The first-order chi connectivity index (χ1) is 13.1. The van der Waals surface area contributed by atoms with Crippen molar-refractivity contribution in [1.82, 2.24) is 0 Å². The lowest BCUT2D eigenvalue weighted by Gasteiger charge is -2.33. The van der Waals surface area contributed by atoms with E-state index in [0.29, 0.717) is 19.6 Å². The van der Waals surface area contributed by atoms with Gasteiger partial charge in [-0.3, -0.25) is 14.4 Å². The summed E-state index contributed by atoms with van der Waals surface area (Å²) < 4.78 is 31.4. The molecule has 0 bridgehead atoms. The Balaban J connectivity index is 4.72. The second-order valence-corrected chi connectivity index (χ2v) is 5.79. The number of carbonyl (C=O) groups excluding carboxylic acids is 2. The van der Waals surface area contributed by atoms with Crippen molar-refractivity contribution in [3.8, 4) is 0 Å². The maximum absolute atomic E-state index is 10.6. The highest BCUT2D eigenvalue weighted by molar-refractivity contribution is 5.66. The molecule has 0 saturated heterocycles. The first kappa shape index (κ1) is 25.2. The third-order valence-electron chi connectivity index (χ3n) is 3.27. The Bertz CT molecular complexity index is 370. The minimum atomic E-state index is -0.952. The summed E-state index contributed by atoms with van der Waals surface area (Å²) in [5.41, 5.74) is -0.684. The summed E-state index contributed by atoms with van der Waals surface area (Å²) >= 11 is 0. The van der Waals surface area contributed by atoms with Crippen LogP contribution in [0.4, 0.5) is 0 Å². The van der Waals surface area contributed by atoms with E-state index in [1.165, 1.54) is 0 Å². The van der Waals surface area contributed by atoms with Crippen LogP contribution < -0.4 is 0 Å². The van der Waals surface area contributed by atoms with Crippen LogP contribution in [0.5, 0.6) is 0 Å². The molecule has 0 fully saturated rings. The molecule has 0 heterocycles. The van der Waals surface area contributed by atoms with Crippen LogP contribution in [-0.4, -0.2) is 90.1 Å². The molecule has 0 aliphatic rings. The van der Waals surface area contributed by atoms with E-state index >= 15 is 0 Å². The van der Waals surface area contributed by atoms with Crippen LogP contribution in [0.25, 0.3) is 0 Å². The lowest BCUT2D eigenvalue weighted by molar-refractivity contribution is -0.142. The van der Waals surface area contributed by atoms with E-state index in [4.69, 9.17) is 24.1 Å². The molecule has 0 saturated carbocycles. The van der Waals surface area contributed by atoms with Crippen LogP contribution in [0.15, 0.2) is 0 Å². The Morgan fingerprint density at radius 3 is 1.63 bits per heavy atom. The van der Waals surface area contributed by atoms with Crippen molar-refractivity contribution in [2.75, 3.05) is 66.1 Å². The number of rotatable bonds is 21. The molecule has 0 aromatic heterocycles. The maximum Gasteiger partial charge on any atom is 0.305 e. The van der Waals surface area contributed by atoms with Gasteiger partial charge in [-0.25, -0.2) is 0 Å². The van der Waals surface area contributed by atoms with Gasteiger partial charge in [0, 0.05) is 6.61 Å². The van der Waals surface area contributed by atoms with Crippen LogP contribution in [-0.2, 0) is 42.8 Å². The van der Waals surface area contributed by atoms with Gasteiger partial charge in [0.2, 0.25) is 0 Å². The predicted molar refractivity (Wildman–Crippen MR) is 92.3 cm³/mol. The average Bonchev–Trinajstić information content (AvgIpc) is 2.65. The molecule has 10 nitrogen and oxygen atoms in total. The second-order valence-electron chi connectivity index (χ2n) is 5.79. The molecule has 0 aliphatic carbocycles. The number of carboxylic acids is 1. The van der Waals surface area contributed by atoms with Crippen molar-refractivity contribution < 1.29 is 47.9 Å². The molecule has 0 aromatic carbocycles. The third-order valence-corrected chi connectivity index (χ3v) is 3.27. The van der Waals surface area contributed by atoms with Crippen molar-refractivity contribution in [2.24, 2.45) is 5.41 Å². The first-order valence-corrected chi connectivity index (χ1v) is 8.73. The summed E-state index contributed by atoms with van der Waals surface area (Å²) in [4.78, 5) is 31.0. The van der Waals surface area contributed by atoms with Gasteiger partial charge < -0.3 is 33.5 Å².